The predicted molar refractivity (Wildman–Crippen MR) is 67.1 cm³/mol. The van der Waals surface area contributed by atoms with E-state index in [1.54, 1.807) is 11.3 Å². The summed E-state index contributed by atoms with van der Waals surface area (Å²) < 4.78 is 0. The smallest absolute Gasteiger partial charge is 0.303 e. The molecule has 3 nitrogen and oxygen atoms in total. The Morgan fingerprint density at radius 1 is 1.56 bits per heavy atom. The molecule has 0 bridgehead atoms. The normalized spacial score (nSPS) is 20.9. The van der Waals surface area contributed by atoms with Gasteiger partial charge in [0.05, 0.1) is 17.4 Å². The highest BCUT2D eigenvalue weighted by Crippen LogP contribution is 2.39. The van der Waals surface area contributed by atoms with E-state index in [-0.39, 0.29) is 6.42 Å². The predicted octanol–water partition coefficient (Wildman–Crippen LogP) is 3.12. The third kappa shape index (κ3) is 3.22. The van der Waals surface area contributed by atoms with Crippen LogP contribution in [0.5, 0.6) is 0 Å². The van der Waals surface area contributed by atoms with E-state index in [9.17, 15) is 4.79 Å². The van der Waals surface area contributed by atoms with Gasteiger partial charge < -0.3 is 5.11 Å². The summed E-state index contributed by atoms with van der Waals surface area (Å²) in [6, 6.07) is 0. The van der Waals surface area contributed by atoms with Crippen molar-refractivity contribution in [1.29, 1.82) is 0 Å². The molecule has 0 radical (unpaired) electrons. The third-order valence-corrected chi connectivity index (χ3v) is 5.16. The number of carboxylic acids is 1. The van der Waals surface area contributed by atoms with Crippen molar-refractivity contribution in [2.45, 2.75) is 37.4 Å². The number of aromatic nitrogens is 1. The second kappa shape index (κ2) is 5.68. The molecule has 1 N–H and O–H groups in total. The van der Waals surface area contributed by atoms with E-state index >= 15 is 0 Å². The van der Waals surface area contributed by atoms with Crippen LogP contribution < -0.4 is 0 Å². The topological polar surface area (TPSA) is 50.2 Å². The summed E-state index contributed by atoms with van der Waals surface area (Å²) in [6.45, 7) is 0. The van der Waals surface area contributed by atoms with Crippen LogP contribution in [-0.4, -0.2) is 21.8 Å². The van der Waals surface area contributed by atoms with Gasteiger partial charge in [0, 0.05) is 11.8 Å². The Morgan fingerprint density at radius 3 is 3.12 bits per heavy atom. The molecule has 1 fully saturated rings. The lowest BCUT2D eigenvalue weighted by molar-refractivity contribution is -0.136. The standard InChI is InChI=1S/C11H15NO2S2/c13-10(14)5-4-8-7-16-11(12-8)9-3-1-2-6-15-9/h7,9H,1-6H2,(H,13,14). The third-order valence-electron chi connectivity index (χ3n) is 2.62. The summed E-state index contributed by atoms with van der Waals surface area (Å²) in [5, 5.41) is 12.3. The zero-order valence-electron chi connectivity index (χ0n) is 9.02. The van der Waals surface area contributed by atoms with Gasteiger partial charge in [0.25, 0.3) is 0 Å². The van der Waals surface area contributed by atoms with Gasteiger partial charge in [-0.15, -0.1) is 11.3 Å². The van der Waals surface area contributed by atoms with Gasteiger partial charge in [-0.25, -0.2) is 4.98 Å². The van der Waals surface area contributed by atoms with E-state index in [0.717, 1.165) is 5.69 Å². The molecule has 5 heteroatoms. The van der Waals surface area contributed by atoms with Crippen LogP contribution in [-0.2, 0) is 11.2 Å². The number of thioether (sulfide) groups is 1. The van der Waals surface area contributed by atoms with Crippen molar-refractivity contribution in [3.63, 3.8) is 0 Å². The molecule has 0 spiro atoms. The molecule has 1 saturated heterocycles. The minimum Gasteiger partial charge on any atom is -0.481 e. The molecule has 1 aliphatic rings. The molecule has 0 amide bonds. The fourth-order valence-corrected chi connectivity index (χ4v) is 4.18. The molecule has 1 aromatic rings. The van der Waals surface area contributed by atoms with E-state index in [2.05, 4.69) is 4.98 Å². The van der Waals surface area contributed by atoms with Gasteiger partial charge in [-0.05, 0) is 18.6 Å². The van der Waals surface area contributed by atoms with Crippen LogP contribution >= 0.6 is 23.1 Å². The second-order valence-corrected chi connectivity index (χ2v) is 6.13. The van der Waals surface area contributed by atoms with Crippen LogP contribution in [0.3, 0.4) is 0 Å². The summed E-state index contributed by atoms with van der Waals surface area (Å²) in [7, 11) is 0. The van der Waals surface area contributed by atoms with E-state index in [0.29, 0.717) is 11.7 Å². The molecule has 0 aromatic carbocycles. The van der Waals surface area contributed by atoms with Gasteiger partial charge >= 0.3 is 5.97 Å². The zero-order chi connectivity index (χ0) is 11.4. The molecule has 88 valence electrons. The minimum atomic E-state index is -0.749. The molecule has 1 aromatic heterocycles. The summed E-state index contributed by atoms with van der Waals surface area (Å²) >= 11 is 3.67. The highest BCUT2D eigenvalue weighted by molar-refractivity contribution is 7.99. The number of carboxylic acid groups (broad SMARTS) is 1. The molecule has 0 saturated carbocycles. The molecule has 2 heterocycles. The lowest BCUT2D eigenvalue weighted by atomic mass is 10.2. The minimum absolute atomic E-state index is 0.182. The monoisotopic (exact) mass is 257 g/mol. The van der Waals surface area contributed by atoms with Gasteiger partial charge in [0.15, 0.2) is 0 Å². The average Bonchev–Trinajstić information content (AvgIpc) is 2.76. The van der Waals surface area contributed by atoms with Gasteiger partial charge in [0.2, 0.25) is 0 Å². The van der Waals surface area contributed by atoms with Crippen molar-refractivity contribution in [2.24, 2.45) is 0 Å². The van der Waals surface area contributed by atoms with Crippen molar-refractivity contribution >= 4 is 29.1 Å². The molecule has 1 unspecified atom stereocenters. The molecular weight excluding hydrogens is 242 g/mol. The molecule has 1 aliphatic heterocycles. The van der Waals surface area contributed by atoms with Crippen LogP contribution in [0.1, 0.15) is 41.6 Å². The van der Waals surface area contributed by atoms with Crippen LogP contribution in [0.25, 0.3) is 0 Å². The lowest BCUT2D eigenvalue weighted by Gasteiger charge is -2.18. The van der Waals surface area contributed by atoms with Gasteiger partial charge in [-0.3, -0.25) is 4.79 Å². The summed E-state index contributed by atoms with van der Waals surface area (Å²) in [4.78, 5) is 15.0. The maximum Gasteiger partial charge on any atom is 0.303 e. The lowest BCUT2D eigenvalue weighted by Crippen LogP contribution is -2.02. The van der Waals surface area contributed by atoms with Crippen molar-refractivity contribution in [1.82, 2.24) is 4.98 Å². The first-order valence-electron chi connectivity index (χ1n) is 5.53. The Hall–Kier alpha value is -0.550. The largest absolute Gasteiger partial charge is 0.481 e. The number of nitrogens with zero attached hydrogens (tertiary/aromatic N) is 1. The first-order valence-corrected chi connectivity index (χ1v) is 7.46. The highest BCUT2D eigenvalue weighted by atomic mass is 32.2. The maximum atomic E-state index is 10.5. The van der Waals surface area contributed by atoms with Gasteiger partial charge in [0.1, 0.15) is 5.01 Å². The molecule has 0 aliphatic carbocycles. The Morgan fingerprint density at radius 2 is 2.44 bits per heavy atom. The van der Waals surface area contributed by atoms with Crippen LogP contribution in [0.2, 0.25) is 0 Å². The zero-order valence-corrected chi connectivity index (χ0v) is 10.6. The van der Waals surface area contributed by atoms with E-state index in [1.165, 1.54) is 30.0 Å². The van der Waals surface area contributed by atoms with Gasteiger partial charge in [-0.2, -0.15) is 11.8 Å². The number of aliphatic carboxylic acids is 1. The summed E-state index contributed by atoms with van der Waals surface area (Å²) in [5.41, 5.74) is 0.938. The second-order valence-electron chi connectivity index (χ2n) is 3.93. The average molecular weight is 257 g/mol. The summed E-state index contributed by atoms with van der Waals surface area (Å²) in [6.07, 6.45) is 4.57. The number of thiazole rings is 1. The fraction of sp³-hybridized carbons (Fsp3) is 0.636. The Balaban J connectivity index is 1.93. The van der Waals surface area contributed by atoms with Crippen molar-refractivity contribution < 1.29 is 9.90 Å². The first-order chi connectivity index (χ1) is 7.75. The van der Waals surface area contributed by atoms with Crippen LogP contribution in [0, 0.1) is 0 Å². The van der Waals surface area contributed by atoms with E-state index in [4.69, 9.17) is 5.11 Å². The Bertz CT molecular complexity index is 359. The van der Waals surface area contributed by atoms with Crippen LogP contribution in [0.4, 0.5) is 0 Å². The Kier molecular flexibility index (Phi) is 4.23. The maximum absolute atomic E-state index is 10.5. The van der Waals surface area contributed by atoms with E-state index < -0.39 is 5.97 Å². The molecule has 1 atom stereocenters. The van der Waals surface area contributed by atoms with Gasteiger partial charge in [-0.1, -0.05) is 6.42 Å². The van der Waals surface area contributed by atoms with Crippen molar-refractivity contribution in [3.8, 4) is 0 Å². The SMILES string of the molecule is O=C(O)CCc1csc(C2CCCCS2)n1. The molecule has 2 rings (SSSR count). The quantitative estimate of drug-likeness (QED) is 0.900. The number of rotatable bonds is 4. The van der Waals surface area contributed by atoms with Crippen LogP contribution in [0.15, 0.2) is 5.38 Å². The summed E-state index contributed by atoms with van der Waals surface area (Å²) in [5.74, 6) is 0.482. The number of hydrogen-bond acceptors (Lipinski definition) is 4. The molecular formula is C11H15NO2S2. The van der Waals surface area contributed by atoms with Crippen molar-refractivity contribution in [3.05, 3.63) is 16.1 Å². The number of hydrogen-bond donors (Lipinski definition) is 1. The number of aryl methyl sites for hydroxylation is 1. The van der Waals surface area contributed by atoms with E-state index in [1.807, 2.05) is 17.1 Å². The van der Waals surface area contributed by atoms with Crippen molar-refractivity contribution in [2.75, 3.05) is 5.75 Å². The molecule has 16 heavy (non-hydrogen) atoms. The first kappa shape index (κ1) is 11.9. The number of carbonyl (C=O) groups is 1. The highest BCUT2D eigenvalue weighted by Gasteiger charge is 2.19. The Labute approximate surface area is 103 Å². The fourth-order valence-electron chi connectivity index (χ4n) is 1.76.